The average Bonchev–Trinajstić information content (AvgIpc) is 2.89. The van der Waals surface area contributed by atoms with Crippen molar-refractivity contribution in [3.05, 3.63) is 58.2 Å². The van der Waals surface area contributed by atoms with Crippen LogP contribution < -0.4 is 4.74 Å². The summed E-state index contributed by atoms with van der Waals surface area (Å²) in [6.45, 7) is -2.89. The standard InChI is InChI=1S/C28H32I3N3O11/c29-18-8-22(30)21(23(31)9-18)16-45-20-3-1-17(2-4-20)7-19(34(14-27(41)42)15-28(43)44)10-32(11-24(35)36)5-6-33(12-25(37)38)13-26(39)40/h1-4,8-9,19H,5-7,10-16H2,(H,35,36)(H,37,38)(H,39,40)(H,41,42)(H,43,44). The van der Waals surface area contributed by atoms with E-state index in [-0.39, 0.29) is 26.1 Å². The molecule has 1 atom stereocenters. The van der Waals surface area contributed by atoms with Crippen LogP contribution in [0.2, 0.25) is 0 Å². The Morgan fingerprint density at radius 3 is 1.58 bits per heavy atom. The van der Waals surface area contributed by atoms with Crippen LogP contribution >= 0.6 is 67.8 Å². The Morgan fingerprint density at radius 1 is 0.667 bits per heavy atom. The van der Waals surface area contributed by atoms with Crippen molar-refractivity contribution in [3.63, 3.8) is 0 Å². The highest BCUT2D eigenvalue weighted by Crippen LogP contribution is 2.25. The first-order valence-electron chi connectivity index (χ1n) is 13.3. The highest BCUT2D eigenvalue weighted by Gasteiger charge is 2.27. The summed E-state index contributed by atoms with van der Waals surface area (Å²) in [4.78, 5) is 61.1. The second kappa shape index (κ2) is 19.4. The molecular formula is C28H32I3N3O11. The third kappa shape index (κ3) is 15.2. The van der Waals surface area contributed by atoms with Crippen molar-refractivity contribution in [2.45, 2.75) is 19.1 Å². The molecule has 0 saturated carbocycles. The molecule has 0 radical (unpaired) electrons. The fourth-order valence-electron chi connectivity index (χ4n) is 4.43. The molecule has 0 fully saturated rings. The van der Waals surface area contributed by atoms with E-state index in [0.717, 1.165) is 21.2 Å². The number of benzene rings is 2. The Balaban J connectivity index is 2.28. The Bertz CT molecular complexity index is 1310. The number of ether oxygens (including phenoxy) is 1. The van der Waals surface area contributed by atoms with Crippen molar-refractivity contribution >= 4 is 97.6 Å². The summed E-state index contributed by atoms with van der Waals surface area (Å²) in [5, 5.41) is 46.8. The maximum atomic E-state index is 11.7. The SMILES string of the molecule is O=C(O)CN(CCN(CC(=O)O)CC(Cc1ccc(OCc2c(I)cc(I)cc2I)cc1)N(CC(=O)O)CC(=O)O)CC(=O)O. The van der Waals surface area contributed by atoms with E-state index in [1.54, 1.807) is 24.3 Å². The molecule has 0 amide bonds. The molecule has 0 saturated heterocycles. The minimum atomic E-state index is -1.27. The van der Waals surface area contributed by atoms with Crippen LogP contribution in [-0.4, -0.2) is 128 Å². The third-order valence-electron chi connectivity index (χ3n) is 6.35. The van der Waals surface area contributed by atoms with Crippen LogP contribution in [-0.2, 0) is 37.0 Å². The van der Waals surface area contributed by atoms with Gasteiger partial charge in [-0.2, -0.15) is 0 Å². The summed E-state index contributed by atoms with van der Waals surface area (Å²) in [7, 11) is 0. The van der Waals surface area contributed by atoms with Crippen LogP contribution in [0.1, 0.15) is 11.1 Å². The van der Waals surface area contributed by atoms with E-state index in [1.807, 2.05) is 0 Å². The zero-order chi connectivity index (χ0) is 33.7. The van der Waals surface area contributed by atoms with Crippen LogP contribution in [0.25, 0.3) is 0 Å². The maximum absolute atomic E-state index is 11.7. The van der Waals surface area contributed by atoms with Crippen molar-refractivity contribution in [2.75, 3.05) is 52.4 Å². The van der Waals surface area contributed by atoms with E-state index in [1.165, 1.54) is 9.80 Å². The van der Waals surface area contributed by atoms with Gasteiger partial charge in [0, 0.05) is 42.0 Å². The summed E-state index contributed by atoms with van der Waals surface area (Å²) in [6.07, 6.45) is 0.151. The Kier molecular flexibility index (Phi) is 16.7. The van der Waals surface area contributed by atoms with E-state index in [0.29, 0.717) is 17.9 Å². The molecule has 0 spiro atoms. The van der Waals surface area contributed by atoms with Crippen molar-refractivity contribution in [3.8, 4) is 5.75 Å². The Morgan fingerprint density at radius 2 is 1.11 bits per heavy atom. The van der Waals surface area contributed by atoms with E-state index < -0.39 is 68.6 Å². The minimum Gasteiger partial charge on any atom is -0.489 e. The molecule has 2 aromatic carbocycles. The summed E-state index contributed by atoms with van der Waals surface area (Å²) >= 11 is 6.76. The van der Waals surface area contributed by atoms with Gasteiger partial charge in [-0.1, -0.05) is 12.1 Å². The lowest BCUT2D eigenvalue weighted by atomic mass is 10.0. The lowest BCUT2D eigenvalue weighted by Crippen LogP contribution is -2.51. The number of hydrogen-bond acceptors (Lipinski definition) is 9. The second-order valence-electron chi connectivity index (χ2n) is 9.96. The van der Waals surface area contributed by atoms with Crippen LogP contribution in [0.4, 0.5) is 0 Å². The summed E-state index contributed by atoms with van der Waals surface area (Å²) < 4.78 is 9.24. The first kappa shape index (κ1) is 38.8. The molecular weight excluding hydrogens is 935 g/mol. The number of carboxylic acids is 5. The fraction of sp³-hybridized carbons (Fsp3) is 0.393. The van der Waals surface area contributed by atoms with Gasteiger partial charge in [0.05, 0.1) is 32.7 Å². The van der Waals surface area contributed by atoms with Gasteiger partial charge in [-0.05, 0) is 104 Å². The highest BCUT2D eigenvalue weighted by atomic mass is 127. The summed E-state index contributed by atoms with van der Waals surface area (Å²) in [6, 6.07) is 10.3. The average molecular weight is 967 g/mol. The predicted octanol–water partition coefficient (Wildman–Crippen LogP) is 2.32. The van der Waals surface area contributed by atoms with Gasteiger partial charge in [0.2, 0.25) is 0 Å². The molecule has 246 valence electrons. The molecule has 5 N–H and O–H groups in total. The van der Waals surface area contributed by atoms with Gasteiger partial charge in [0.15, 0.2) is 0 Å². The van der Waals surface area contributed by atoms with Gasteiger partial charge in [0.25, 0.3) is 0 Å². The van der Waals surface area contributed by atoms with E-state index >= 15 is 0 Å². The third-order valence-corrected chi connectivity index (χ3v) is 8.90. The fourth-order valence-corrected chi connectivity index (χ4v) is 8.33. The van der Waals surface area contributed by atoms with Gasteiger partial charge in [0.1, 0.15) is 12.4 Å². The van der Waals surface area contributed by atoms with Crippen LogP contribution in [0, 0.1) is 10.7 Å². The largest absolute Gasteiger partial charge is 0.489 e. The van der Waals surface area contributed by atoms with Gasteiger partial charge < -0.3 is 30.3 Å². The number of carbonyl (C=O) groups is 5. The van der Waals surface area contributed by atoms with Gasteiger partial charge >= 0.3 is 29.8 Å². The normalized spacial score (nSPS) is 12.0. The first-order chi connectivity index (χ1) is 21.1. The molecule has 0 bridgehead atoms. The quantitative estimate of drug-likeness (QED) is 0.114. The number of rotatable bonds is 21. The number of carboxylic acid groups (broad SMARTS) is 5. The van der Waals surface area contributed by atoms with Crippen molar-refractivity contribution in [1.29, 1.82) is 0 Å². The summed E-state index contributed by atoms with van der Waals surface area (Å²) in [5.74, 6) is -5.71. The van der Waals surface area contributed by atoms with Crippen LogP contribution in [0.15, 0.2) is 36.4 Å². The molecule has 45 heavy (non-hydrogen) atoms. The lowest BCUT2D eigenvalue weighted by molar-refractivity contribution is -0.144. The first-order valence-corrected chi connectivity index (χ1v) is 16.5. The number of halogens is 3. The minimum absolute atomic E-state index is 0.0692. The molecule has 0 aromatic heterocycles. The molecule has 0 heterocycles. The maximum Gasteiger partial charge on any atom is 0.317 e. The monoisotopic (exact) mass is 967 g/mol. The van der Waals surface area contributed by atoms with Gasteiger partial charge in [-0.3, -0.25) is 38.7 Å². The molecule has 1 unspecified atom stereocenters. The Labute approximate surface area is 299 Å². The molecule has 0 aliphatic carbocycles. The molecule has 17 heteroatoms. The topological polar surface area (TPSA) is 205 Å². The number of aliphatic carboxylic acids is 5. The van der Waals surface area contributed by atoms with Crippen LogP contribution in [0.3, 0.4) is 0 Å². The van der Waals surface area contributed by atoms with Crippen LogP contribution in [0.5, 0.6) is 5.75 Å². The second-order valence-corrected chi connectivity index (χ2v) is 13.5. The van der Waals surface area contributed by atoms with Crippen molar-refractivity contribution in [2.24, 2.45) is 0 Å². The molecule has 0 aliphatic heterocycles. The number of nitrogens with zero attached hydrogens (tertiary/aromatic N) is 3. The number of hydrogen-bond donors (Lipinski definition) is 5. The predicted molar refractivity (Wildman–Crippen MR) is 185 cm³/mol. The molecule has 2 rings (SSSR count). The van der Waals surface area contributed by atoms with Crippen molar-refractivity contribution in [1.82, 2.24) is 14.7 Å². The zero-order valence-corrected chi connectivity index (χ0v) is 30.2. The lowest BCUT2D eigenvalue weighted by Gasteiger charge is -2.34. The molecule has 14 nitrogen and oxygen atoms in total. The van der Waals surface area contributed by atoms with E-state index in [9.17, 15) is 39.3 Å². The molecule has 0 aliphatic rings. The highest BCUT2D eigenvalue weighted by molar-refractivity contribution is 14.1. The van der Waals surface area contributed by atoms with E-state index in [2.05, 4.69) is 79.9 Å². The van der Waals surface area contributed by atoms with Crippen molar-refractivity contribution < 1.29 is 54.2 Å². The molecule has 2 aromatic rings. The summed E-state index contributed by atoms with van der Waals surface area (Å²) in [5.41, 5.74) is 1.75. The zero-order valence-electron chi connectivity index (χ0n) is 23.8. The smallest absolute Gasteiger partial charge is 0.317 e. The van der Waals surface area contributed by atoms with Gasteiger partial charge in [-0.25, -0.2) is 0 Å². The van der Waals surface area contributed by atoms with Gasteiger partial charge in [-0.15, -0.1) is 0 Å². The van der Waals surface area contributed by atoms with E-state index in [4.69, 9.17) is 14.9 Å². The Hall–Kier alpha value is -2.34.